The minimum atomic E-state index is -0.594. The smallest absolute Gasteiger partial charge is 0.313 e. The summed E-state index contributed by atoms with van der Waals surface area (Å²) in [6.07, 6.45) is 4.12. The number of carbonyl (C=O) groups is 1. The molecule has 102 valence electrons. The van der Waals surface area contributed by atoms with E-state index >= 15 is 0 Å². The molecule has 0 aliphatic heterocycles. The highest BCUT2D eigenvalue weighted by atomic mass is 32.1. The third kappa shape index (κ3) is 3.53. The molecule has 0 amide bonds. The molecule has 0 spiro atoms. The molecule has 1 aromatic heterocycles. The van der Waals surface area contributed by atoms with Crippen molar-refractivity contribution in [2.45, 2.75) is 40.0 Å². The topological polar surface area (TPSA) is 65.2 Å². The average Bonchev–Trinajstić information content (AvgIpc) is 2.74. The molecule has 0 fully saturated rings. The van der Waals surface area contributed by atoms with E-state index in [1.165, 1.54) is 0 Å². The van der Waals surface area contributed by atoms with Crippen LogP contribution in [0.1, 0.15) is 36.6 Å². The lowest BCUT2D eigenvalue weighted by atomic mass is 9.80. The number of nitrogens with two attached hydrogens (primary N) is 1. The van der Waals surface area contributed by atoms with Crippen LogP contribution in [0.4, 0.5) is 0 Å². The van der Waals surface area contributed by atoms with E-state index in [0.29, 0.717) is 19.6 Å². The average molecular weight is 270 g/mol. The van der Waals surface area contributed by atoms with Crippen LogP contribution < -0.4 is 5.73 Å². The highest BCUT2D eigenvalue weighted by Gasteiger charge is 2.38. The summed E-state index contributed by atoms with van der Waals surface area (Å²) < 4.78 is 5.20. The third-order valence-corrected chi connectivity index (χ3v) is 3.92. The Morgan fingerprint density at radius 2 is 2.28 bits per heavy atom. The number of rotatable bonds is 7. The summed E-state index contributed by atoms with van der Waals surface area (Å²) in [6.45, 7) is 6.55. The molecule has 0 aliphatic rings. The summed E-state index contributed by atoms with van der Waals surface area (Å²) in [5, 5.41) is 1.01. The van der Waals surface area contributed by atoms with Crippen LogP contribution in [0.25, 0.3) is 0 Å². The Labute approximate surface area is 113 Å². The van der Waals surface area contributed by atoms with Gasteiger partial charge in [0, 0.05) is 24.0 Å². The SMILES string of the molecule is CCCC(CN)(Cc1cnc(C)s1)C(=O)OCC. The van der Waals surface area contributed by atoms with E-state index in [2.05, 4.69) is 11.9 Å². The Bertz CT molecular complexity index is 392. The van der Waals surface area contributed by atoms with Crippen molar-refractivity contribution in [3.8, 4) is 0 Å². The minimum absolute atomic E-state index is 0.180. The van der Waals surface area contributed by atoms with Crippen LogP contribution in [0, 0.1) is 12.3 Å². The van der Waals surface area contributed by atoms with Gasteiger partial charge in [-0.05, 0) is 20.3 Å². The number of hydrogen-bond acceptors (Lipinski definition) is 5. The molecule has 5 heteroatoms. The van der Waals surface area contributed by atoms with Crippen LogP contribution in [-0.2, 0) is 16.0 Å². The molecule has 0 saturated carbocycles. The van der Waals surface area contributed by atoms with Gasteiger partial charge in [-0.25, -0.2) is 4.98 Å². The maximum absolute atomic E-state index is 12.2. The molecule has 0 aliphatic carbocycles. The van der Waals surface area contributed by atoms with Crippen molar-refractivity contribution in [3.05, 3.63) is 16.1 Å². The fraction of sp³-hybridized carbons (Fsp3) is 0.692. The third-order valence-electron chi connectivity index (χ3n) is 3.01. The first-order chi connectivity index (χ1) is 8.57. The predicted molar refractivity (Wildman–Crippen MR) is 73.6 cm³/mol. The van der Waals surface area contributed by atoms with Crippen molar-refractivity contribution < 1.29 is 9.53 Å². The van der Waals surface area contributed by atoms with Crippen LogP contribution >= 0.6 is 11.3 Å². The van der Waals surface area contributed by atoms with Crippen molar-refractivity contribution in [2.24, 2.45) is 11.1 Å². The second-order valence-electron chi connectivity index (χ2n) is 4.48. The van der Waals surface area contributed by atoms with Gasteiger partial charge in [-0.2, -0.15) is 0 Å². The molecule has 18 heavy (non-hydrogen) atoms. The molecule has 0 bridgehead atoms. The summed E-state index contributed by atoms with van der Waals surface area (Å²) >= 11 is 1.62. The van der Waals surface area contributed by atoms with Crippen molar-refractivity contribution >= 4 is 17.3 Å². The lowest BCUT2D eigenvalue weighted by molar-refractivity contribution is -0.155. The quantitative estimate of drug-likeness (QED) is 0.772. The Morgan fingerprint density at radius 1 is 1.56 bits per heavy atom. The zero-order valence-electron chi connectivity index (χ0n) is 11.4. The highest BCUT2D eigenvalue weighted by molar-refractivity contribution is 7.11. The summed E-state index contributed by atoms with van der Waals surface area (Å²) in [6, 6.07) is 0. The number of carbonyl (C=O) groups excluding carboxylic acids is 1. The van der Waals surface area contributed by atoms with Gasteiger partial charge in [-0.1, -0.05) is 13.3 Å². The number of aryl methyl sites for hydroxylation is 1. The highest BCUT2D eigenvalue weighted by Crippen LogP contribution is 2.31. The zero-order valence-corrected chi connectivity index (χ0v) is 12.2. The predicted octanol–water partition coefficient (Wildman–Crippen LogP) is 2.30. The molecule has 1 atom stereocenters. The number of aromatic nitrogens is 1. The molecule has 1 rings (SSSR count). The van der Waals surface area contributed by atoms with E-state index in [-0.39, 0.29) is 5.97 Å². The van der Waals surface area contributed by atoms with E-state index in [1.54, 1.807) is 11.3 Å². The van der Waals surface area contributed by atoms with Gasteiger partial charge < -0.3 is 10.5 Å². The number of thiazole rings is 1. The van der Waals surface area contributed by atoms with Crippen LogP contribution in [0.15, 0.2) is 6.20 Å². The lowest BCUT2D eigenvalue weighted by Crippen LogP contribution is -2.41. The maximum atomic E-state index is 12.2. The molecule has 0 aromatic carbocycles. The number of hydrogen-bond donors (Lipinski definition) is 1. The standard InChI is InChI=1S/C13H22N2O2S/c1-4-6-13(9-14,12(16)17-5-2)7-11-8-15-10(3)18-11/h8H,4-7,9,14H2,1-3H3. The first-order valence-electron chi connectivity index (χ1n) is 6.36. The van der Waals surface area contributed by atoms with Crippen LogP contribution in [0.2, 0.25) is 0 Å². The van der Waals surface area contributed by atoms with Gasteiger partial charge in [-0.15, -0.1) is 11.3 Å². The van der Waals surface area contributed by atoms with Crippen molar-refractivity contribution in [3.63, 3.8) is 0 Å². The van der Waals surface area contributed by atoms with Crippen LogP contribution in [-0.4, -0.2) is 24.1 Å². The second kappa shape index (κ2) is 6.85. The van der Waals surface area contributed by atoms with Gasteiger partial charge in [0.05, 0.1) is 17.0 Å². The Hall–Kier alpha value is -0.940. The van der Waals surface area contributed by atoms with E-state index in [0.717, 1.165) is 22.7 Å². The summed E-state index contributed by atoms with van der Waals surface area (Å²) in [4.78, 5) is 17.5. The van der Waals surface area contributed by atoms with Gasteiger partial charge >= 0.3 is 5.97 Å². The summed E-state index contributed by atoms with van der Waals surface area (Å²) in [5.74, 6) is -0.180. The maximum Gasteiger partial charge on any atom is 0.313 e. The number of esters is 1. The van der Waals surface area contributed by atoms with Crippen molar-refractivity contribution in [1.29, 1.82) is 0 Å². The first-order valence-corrected chi connectivity index (χ1v) is 7.18. The van der Waals surface area contributed by atoms with Crippen LogP contribution in [0.5, 0.6) is 0 Å². The summed E-state index contributed by atoms with van der Waals surface area (Å²) in [5.41, 5.74) is 5.27. The van der Waals surface area contributed by atoms with Gasteiger partial charge in [0.25, 0.3) is 0 Å². The molecule has 1 aromatic rings. The van der Waals surface area contributed by atoms with Crippen LogP contribution in [0.3, 0.4) is 0 Å². The van der Waals surface area contributed by atoms with Crippen molar-refractivity contribution in [1.82, 2.24) is 4.98 Å². The molecule has 2 N–H and O–H groups in total. The fourth-order valence-corrected chi connectivity index (χ4v) is 3.04. The molecule has 0 saturated heterocycles. The van der Waals surface area contributed by atoms with E-state index in [4.69, 9.17) is 10.5 Å². The van der Waals surface area contributed by atoms with Gasteiger partial charge in [0.2, 0.25) is 0 Å². The zero-order chi connectivity index (χ0) is 13.6. The molecule has 0 radical (unpaired) electrons. The van der Waals surface area contributed by atoms with Gasteiger partial charge in [-0.3, -0.25) is 4.79 Å². The van der Waals surface area contributed by atoms with E-state index < -0.39 is 5.41 Å². The second-order valence-corrected chi connectivity index (χ2v) is 5.80. The van der Waals surface area contributed by atoms with Gasteiger partial charge in [0.15, 0.2) is 0 Å². The normalized spacial score (nSPS) is 14.2. The molecular weight excluding hydrogens is 248 g/mol. The Kier molecular flexibility index (Phi) is 5.75. The minimum Gasteiger partial charge on any atom is -0.466 e. The lowest BCUT2D eigenvalue weighted by Gasteiger charge is -2.29. The Morgan fingerprint density at radius 3 is 2.72 bits per heavy atom. The number of nitrogens with zero attached hydrogens (tertiary/aromatic N) is 1. The Balaban J connectivity index is 2.91. The summed E-state index contributed by atoms with van der Waals surface area (Å²) in [7, 11) is 0. The monoisotopic (exact) mass is 270 g/mol. The number of ether oxygens (including phenoxy) is 1. The largest absolute Gasteiger partial charge is 0.466 e. The van der Waals surface area contributed by atoms with Crippen molar-refractivity contribution in [2.75, 3.05) is 13.2 Å². The molecule has 1 heterocycles. The van der Waals surface area contributed by atoms with E-state index in [9.17, 15) is 4.79 Å². The fourth-order valence-electron chi connectivity index (χ4n) is 2.10. The molecule has 1 unspecified atom stereocenters. The van der Waals surface area contributed by atoms with Gasteiger partial charge in [0.1, 0.15) is 0 Å². The van der Waals surface area contributed by atoms with E-state index in [1.807, 2.05) is 20.0 Å². The first kappa shape index (κ1) is 15.1. The molecule has 4 nitrogen and oxygen atoms in total. The molecular formula is C13H22N2O2S.